The van der Waals surface area contributed by atoms with Crippen LogP contribution in [0, 0.1) is 11.3 Å². The van der Waals surface area contributed by atoms with Gasteiger partial charge in [-0.1, -0.05) is 47.5 Å². The first-order chi connectivity index (χ1) is 5.49. The number of rotatable bonds is 5. The van der Waals surface area contributed by atoms with Crippen LogP contribution in [0.2, 0.25) is 0 Å². The van der Waals surface area contributed by atoms with Gasteiger partial charge in [0.05, 0.1) is 0 Å². The Bertz CT molecular complexity index is 98.1. The Balaban J connectivity index is 3.41. The molecule has 0 saturated heterocycles. The van der Waals surface area contributed by atoms with E-state index >= 15 is 0 Å². The third-order valence-corrected chi connectivity index (χ3v) is 2.24. The van der Waals surface area contributed by atoms with Crippen molar-refractivity contribution in [2.75, 3.05) is 13.1 Å². The molecule has 0 aliphatic rings. The van der Waals surface area contributed by atoms with Crippen LogP contribution in [-0.4, -0.2) is 13.1 Å². The van der Waals surface area contributed by atoms with Gasteiger partial charge in [0.1, 0.15) is 0 Å². The predicted octanol–water partition coefficient (Wildman–Crippen LogP) is 3.06. The monoisotopic (exact) mass is 171 g/mol. The molecule has 1 heteroatoms. The molecule has 0 aliphatic heterocycles. The predicted molar refractivity (Wildman–Crippen MR) is 56.4 cm³/mol. The van der Waals surface area contributed by atoms with Crippen molar-refractivity contribution >= 4 is 0 Å². The Kier molecular flexibility index (Phi) is 5.56. The topological polar surface area (TPSA) is 12.0 Å². The first-order valence-corrected chi connectivity index (χ1v) is 5.20. The van der Waals surface area contributed by atoms with Crippen LogP contribution < -0.4 is 5.32 Å². The summed E-state index contributed by atoms with van der Waals surface area (Å²) in [6.45, 7) is 13.7. The second kappa shape index (κ2) is 5.58. The molecular weight excluding hydrogens is 146 g/mol. The van der Waals surface area contributed by atoms with Crippen molar-refractivity contribution in [1.29, 1.82) is 0 Å². The first-order valence-electron chi connectivity index (χ1n) is 5.20. The van der Waals surface area contributed by atoms with E-state index in [1.807, 2.05) is 0 Å². The van der Waals surface area contributed by atoms with Crippen LogP contribution in [0.25, 0.3) is 0 Å². The lowest BCUT2D eigenvalue weighted by Gasteiger charge is -2.21. The van der Waals surface area contributed by atoms with Crippen LogP contribution in [-0.2, 0) is 0 Å². The van der Waals surface area contributed by atoms with Crippen LogP contribution in [0.15, 0.2) is 0 Å². The molecule has 0 heterocycles. The van der Waals surface area contributed by atoms with Gasteiger partial charge in [-0.2, -0.15) is 0 Å². The Hall–Kier alpha value is -0.0400. The third kappa shape index (κ3) is 6.66. The quantitative estimate of drug-likeness (QED) is 0.670. The Morgan fingerprint density at radius 2 is 1.58 bits per heavy atom. The summed E-state index contributed by atoms with van der Waals surface area (Å²) in [6, 6.07) is 0. The van der Waals surface area contributed by atoms with Crippen molar-refractivity contribution in [2.45, 2.75) is 47.5 Å². The van der Waals surface area contributed by atoms with Crippen LogP contribution in [0.4, 0.5) is 0 Å². The summed E-state index contributed by atoms with van der Waals surface area (Å²) in [4.78, 5) is 0. The molecule has 0 bridgehead atoms. The normalized spacial score (nSPS) is 12.5. The molecule has 1 N–H and O–H groups in total. The second-order valence-corrected chi connectivity index (χ2v) is 4.87. The van der Waals surface area contributed by atoms with Crippen LogP contribution in [0.1, 0.15) is 47.5 Å². The van der Waals surface area contributed by atoms with Crippen molar-refractivity contribution in [3.63, 3.8) is 0 Å². The van der Waals surface area contributed by atoms with E-state index in [0.29, 0.717) is 5.41 Å². The molecule has 0 spiro atoms. The Morgan fingerprint density at radius 1 is 1.08 bits per heavy atom. The minimum atomic E-state index is 0.423. The smallest absolute Gasteiger partial charge is 0.000000948 e. The fourth-order valence-corrected chi connectivity index (χ4v) is 1.23. The number of hydrogen-bond donors (Lipinski definition) is 1. The van der Waals surface area contributed by atoms with Gasteiger partial charge in [-0.05, 0) is 24.4 Å². The minimum Gasteiger partial charge on any atom is -0.316 e. The zero-order valence-corrected chi connectivity index (χ0v) is 9.41. The van der Waals surface area contributed by atoms with Crippen LogP contribution >= 0.6 is 0 Å². The van der Waals surface area contributed by atoms with E-state index in [4.69, 9.17) is 0 Å². The fourth-order valence-electron chi connectivity index (χ4n) is 1.23. The summed E-state index contributed by atoms with van der Waals surface area (Å²) < 4.78 is 0. The van der Waals surface area contributed by atoms with Crippen molar-refractivity contribution in [2.24, 2.45) is 11.3 Å². The maximum absolute atomic E-state index is 3.53. The molecule has 0 radical (unpaired) electrons. The van der Waals surface area contributed by atoms with Gasteiger partial charge in [0.2, 0.25) is 0 Å². The molecule has 0 amide bonds. The van der Waals surface area contributed by atoms with Crippen LogP contribution in [0.5, 0.6) is 0 Å². The maximum Gasteiger partial charge on any atom is -0.000000948 e. The molecule has 0 saturated carbocycles. The van der Waals surface area contributed by atoms with Crippen molar-refractivity contribution in [1.82, 2.24) is 5.32 Å². The van der Waals surface area contributed by atoms with Gasteiger partial charge in [-0.15, -0.1) is 0 Å². The van der Waals surface area contributed by atoms with Gasteiger partial charge >= 0.3 is 0 Å². The molecule has 12 heavy (non-hydrogen) atoms. The van der Waals surface area contributed by atoms with Crippen molar-refractivity contribution in [3.8, 4) is 0 Å². The van der Waals surface area contributed by atoms with Crippen molar-refractivity contribution < 1.29 is 0 Å². The number of nitrogens with one attached hydrogen (secondary N) is 1. The van der Waals surface area contributed by atoms with E-state index in [1.165, 1.54) is 19.4 Å². The van der Waals surface area contributed by atoms with Crippen molar-refractivity contribution in [3.05, 3.63) is 0 Å². The molecular formula is C11H25N. The molecule has 0 aliphatic carbocycles. The van der Waals surface area contributed by atoms with Gasteiger partial charge in [-0.25, -0.2) is 0 Å². The average Bonchev–Trinajstić information content (AvgIpc) is 1.96. The molecule has 0 aromatic carbocycles. The Labute approximate surface area is 77.9 Å². The average molecular weight is 171 g/mol. The highest BCUT2D eigenvalue weighted by Crippen LogP contribution is 2.11. The van der Waals surface area contributed by atoms with E-state index in [2.05, 4.69) is 39.9 Å². The highest BCUT2D eigenvalue weighted by molar-refractivity contribution is 4.66. The van der Waals surface area contributed by atoms with E-state index < -0.39 is 0 Å². The van der Waals surface area contributed by atoms with Crippen LogP contribution in [0.3, 0.4) is 0 Å². The van der Waals surface area contributed by atoms with Gasteiger partial charge < -0.3 is 5.32 Å². The molecule has 0 aromatic rings. The standard InChI is InChI=1S/C11H25N/c1-6-10(7-2)8-12-9-11(3,4)5/h10,12H,6-9H2,1-5H3. The molecule has 0 unspecified atom stereocenters. The Morgan fingerprint density at radius 3 is 1.92 bits per heavy atom. The fraction of sp³-hybridized carbons (Fsp3) is 1.00. The highest BCUT2D eigenvalue weighted by Gasteiger charge is 2.10. The summed E-state index contributed by atoms with van der Waals surface area (Å²) in [5, 5.41) is 3.53. The summed E-state index contributed by atoms with van der Waals surface area (Å²) >= 11 is 0. The van der Waals surface area contributed by atoms with E-state index in [1.54, 1.807) is 0 Å². The molecule has 0 rings (SSSR count). The maximum atomic E-state index is 3.53. The van der Waals surface area contributed by atoms with Gasteiger partial charge in [-0.3, -0.25) is 0 Å². The lowest BCUT2D eigenvalue weighted by molar-refractivity contribution is 0.351. The molecule has 1 nitrogen and oxygen atoms in total. The second-order valence-electron chi connectivity index (χ2n) is 4.87. The molecule has 0 atom stereocenters. The first kappa shape index (κ1) is 12.0. The van der Waals surface area contributed by atoms with E-state index in [9.17, 15) is 0 Å². The van der Waals surface area contributed by atoms with Gasteiger partial charge in [0.15, 0.2) is 0 Å². The third-order valence-electron chi connectivity index (χ3n) is 2.24. The lowest BCUT2D eigenvalue weighted by Crippen LogP contribution is -2.30. The highest BCUT2D eigenvalue weighted by atomic mass is 14.9. The van der Waals surface area contributed by atoms with Gasteiger partial charge in [0.25, 0.3) is 0 Å². The largest absolute Gasteiger partial charge is 0.316 e. The minimum absolute atomic E-state index is 0.423. The summed E-state index contributed by atoms with van der Waals surface area (Å²) in [7, 11) is 0. The molecule has 0 fully saturated rings. The lowest BCUT2D eigenvalue weighted by atomic mass is 9.96. The SMILES string of the molecule is CCC(CC)CNCC(C)(C)C. The summed E-state index contributed by atoms with van der Waals surface area (Å²) in [5.74, 6) is 0.868. The number of hydrogen-bond acceptors (Lipinski definition) is 1. The molecule has 0 aromatic heterocycles. The summed E-state index contributed by atoms with van der Waals surface area (Å²) in [5.41, 5.74) is 0.423. The zero-order chi connectivity index (χ0) is 9.61. The summed E-state index contributed by atoms with van der Waals surface area (Å²) in [6.07, 6.45) is 2.60. The van der Waals surface area contributed by atoms with Gasteiger partial charge in [0, 0.05) is 0 Å². The molecule has 74 valence electrons. The van der Waals surface area contributed by atoms with E-state index in [-0.39, 0.29) is 0 Å². The zero-order valence-electron chi connectivity index (χ0n) is 9.41. The van der Waals surface area contributed by atoms with E-state index in [0.717, 1.165) is 12.5 Å².